The minimum atomic E-state index is -0.0929. The van der Waals surface area contributed by atoms with Crippen LogP contribution in [0.15, 0.2) is 36.5 Å². The van der Waals surface area contributed by atoms with Crippen molar-refractivity contribution in [1.82, 2.24) is 9.97 Å². The van der Waals surface area contributed by atoms with Crippen molar-refractivity contribution in [2.75, 3.05) is 29.4 Å². The number of hydrogen-bond donors (Lipinski definition) is 0. The van der Waals surface area contributed by atoms with E-state index in [4.69, 9.17) is 0 Å². The Balaban J connectivity index is 2.30. The number of aryl methyl sites for hydroxylation is 1. The topological polar surface area (TPSA) is 49.3 Å². The lowest BCUT2D eigenvalue weighted by Crippen LogP contribution is -2.32. The fourth-order valence-corrected chi connectivity index (χ4v) is 2.85. The maximum atomic E-state index is 13.0. The van der Waals surface area contributed by atoms with Crippen molar-refractivity contribution in [2.45, 2.75) is 40.5 Å². The zero-order chi connectivity index (χ0) is 18.2. The van der Waals surface area contributed by atoms with Gasteiger partial charge < -0.3 is 9.80 Å². The van der Waals surface area contributed by atoms with Gasteiger partial charge >= 0.3 is 0 Å². The second-order valence-electron chi connectivity index (χ2n) is 6.12. The summed E-state index contributed by atoms with van der Waals surface area (Å²) in [5, 5.41) is 0. The molecule has 0 saturated carbocycles. The summed E-state index contributed by atoms with van der Waals surface area (Å²) in [5.41, 5.74) is 2.46. The van der Waals surface area contributed by atoms with Crippen LogP contribution in [0.2, 0.25) is 0 Å². The van der Waals surface area contributed by atoms with Gasteiger partial charge in [0, 0.05) is 31.5 Å². The third-order valence-electron chi connectivity index (χ3n) is 4.01. The highest BCUT2D eigenvalue weighted by Crippen LogP contribution is 2.19. The van der Waals surface area contributed by atoms with E-state index in [0.29, 0.717) is 18.2 Å². The summed E-state index contributed by atoms with van der Waals surface area (Å²) in [6.07, 6.45) is 3.72. The number of benzene rings is 1. The van der Waals surface area contributed by atoms with Crippen LogP contribution in [0.5, 0.6) is 0 Å². The first-order chi connectivity index (χ1) is 12.1. The molecule has 134 valence electrons. The number of hydrogen-bond acceptors (Lipinski definition) is 4. The molecule has 0 saturated heterocycles. The number of nitrogens with zero attached hydrogens (tertiary/aromatic N) is 4. The van der Waals surface area contributed by atoms with Crippen molar-refractivity contribution >= 4 is 17.5 Å². The van der Waals surface area contributed by atoms with E-state index in [-0.39, 0.29) is 5.91 Å². The molecule has 0 N–H and O–H groups in total. The van der Waals surface area contributed by atoms with E-state index in [0.717, 1.165) is 37.2 Å². The van der Waals surface area contributed by atoms with Crippen molar-refractivity contribution < 1.29 is 4.79 Å². The van der Waals surface area contributed by atoms with Crippen LogP contribution in [0.25, 0.3) is 0 Å². The fourth-order valence-electron chi connectivity index (χ4n) is 2.85. The molecule has 0 aliphatic carbocycles. The molecular weight excluding hydrogens is 312 g/mol. The summed E-state index contributed by atoms with van der Waals surface area (Å²) in [6, 6.07) is 9.66. The summed E-state index contributed by atoms with van der Waals surface area (Å²) < 4.78 is 0. The van der Waals surface area contributed by atoms with Crippen LogP contribution < -0.4 is 9.80 Å². The Morgan fingerprint density at radius 3 is 2.40 bits per heavy atom. The monoisotopic (exact) mass is 340 g/mol. The van der Waals surface area contributed by atoms with Crippen molar-refractivity contribution in [2.24, 2.45) is 0 Å². The van der Waals surface area contributed by atoms with Crippen LogP contribution in [0.1, 0.15) is 49.7 Å². The van der Waals surface area contributed by atoms with Gasteiger partial charge in [0.15, 0.2) is 0 Å². The summed E-state index contributed by atoms with van der Waals surface area (Å²) >= 11 is 0. The second kappa shape index (κ2) is 9.16. The van der Waals surface area contributed by atoms with Gasteiger partial charge in [-0.2, -0.15) is 0 Å². The van der Waals surface area contributed by atoms with Gasteiger partial charge in [0.1, 0.15) is 5.69 Å². The lowest BCUT2D eigenvalue weighted by atomic mass is 10.2. The lowest BCUT2D eigenvalue weighted by Gasteiger charge is -2.23. The molecule has 5 nitrogen and oxygen atoms in total. The predicted molar refractivity (Wildman–Crippen MR) is 103 cm³/mol. The highest BCUT2D eigenvalue weighted by atomic mass is 16.2. The smallest absolute Gasteiger partial charge is 0.277 e. The number of amides is 1. The molecule has 0 spiro atoms. The highest BCUT2D eigenvalue weighted by molar-refractivity contribution is 6.04. The molecule has 2 aromatic rings. The Morgan fingerprint density at radius 2 is 1.80 bits per heavy atom. The zero-order valence-electron chi connectivity index (χ0n) is 15.7. The highest BCUT2D eigenvalue weighted by Gasteiger charge is 2.19. The number of aromatic nitrogens is 2. The van der Waals surface area contributed by atoms with E-state index in [1.54, 1.807) is 17.2 Å². The molecule has 0 unspecified atom stereocenters. The standard InChI is InChI=1S/C20H28N4O/c1-5-13-23(14-6-2)20-21-12-11-18(22-20)19(25)24(7-3)17-10-8-9-16(4)15-17/h8-12,15H,5-7,13-14H2,1-4H3. The van der Waals surface area contributed by atoms with Gasteiger partial charge in [-0.3, -0.25) is 4.79 Å². The van der Waals surface area contributed by atoms with Gasteiger partial charge in [0.2, 0.25) is 5.95 Å². The average molecular weight is 340 g/mol. The molecule has 0 radical (unpaired) electrons. The van der Waals surface area contributed by atoms with Crippen molar-refractivity contribution in [3.8, 4) is 0 Å². The Hall–Kier alpha value is -2.43. The molecular formula is C20H28N4O. The van der Waals surface area contributed by atoms with Crippen molar-refractivity contribution in [3.63, 3.8) is 0 Å². The van der Waals surface area contributed by atoms with Crippen molar-refractivity contribution in [1.29, 1.82) is 0 Å². The normalized spacial score (nSPS) is 10.6. The molecule has 0 aliphatic heterocycles. The largest absolute Gasteiger partial charge is 0.341 e. The Labute approximate surface area is 150 Å². The van der Waals surface area contributed by atoms with E-state index >= 15 is 0 Å². The number of carbonyl (C=O) groups excluding carboxylic acids is 1. The number of anilines is 2. The van der Waals surface area contributed by atoms with Gasteiger partial charge in [-0.05, 0) is 50.5 Å². The van der Waals surface area contributed by atoms with E-state index in [1.807, 2.05) is 38.1 Å². The number of carbonyl (C=O) groups is 1. The van der Waals surface area contributed by atoms with E-state index < -0.39 is 0 Å². The molecule has 25 heavy (non-hydrogen) atoms. The third kappa shape index (κ3) is 4.78. The predicted octanol–water partition coefficient (Wildman–Crippen LogP) is 4.08. The first-order valence-electron chi connectivity index (χ1n) is 9.07. The Kier molecular flexibility index (Phi) is 6.92. The van der Waals surface area contributed by atoms with Crippen molar-refractivity contribution in [3.05, 3.63) is 47.8 Å². The van der Waals surface area contributed by atoms with E-state index in [2.05, 4.69) is 28.7 Å². The molecule has 0 bridgehead atoms. The van der Waals surface area contributed by atoms with Crippen LogP contribution in [-0.2, 0) is 0 Å². The third-order valence-corrected chi connectivity index (χ3v) is 4.01. The van der Waals surface area contributed by atoms with E-state index in [1.165, 1.54) is 0 Å². The maximum Gasteiger partial charge on any atom is 0.277 e. The second-order valence-corrected chi connectivity index (χ2v) is 6.12. The zero-order valence-corrected chi connectivity index (χ0v) is 15.7. The van der Waals surface area contributed by atoms with Gasteiger partial charge in [0.25, 0.3) is 5.91 Å². The molecule has 1 heterocycles. The van der Waals surface area contributed by atoms with Gasteiger partial charge in [-0.25, -0.2) is 9.97 Å². The average Bonchev–Trinajstić information content (AvgIpc) is 2.62. The molecule has 2 rings (SSSR count). The quantitative estimate of drug-likeness (QED) is 0.726. The summed E-state index contributed by atoms with van der Waals surface area (Å²) in [4.78, 5) is 25.8. The summed E-state index contributed by atoms with van der Waals surface area (Å²) in [5.74, 6) is 0.541. The molecule has 0 atom stereocenters. The Morgan fingerprint density at radius 1 is 1.08 bits per heavy atom. The van der Waals surface area contributed by atoms with Crippen LogP contribution in [-0.4, -0.2) is 35.5 Å². The molecule has 5 heteroatoms. The minimum absolute atomic E-state index is 0.0929. The molecule has 1 aromatic heterocycles. The summed E-state index contributed by atoms with van der Waals surface area (Å²) in [7, 11) is 0. The van der Waals surface area contributed by atoms with Crippen LogP contribution in [0.4, 0.5) is 11.6 Å². The van der Waals surface area contributed by atoms with E-state index in [9.17, 15) is 4.79 Å². The molecule has 0 fully saturated rings. The minimum Gasteiger partial charge on any atom is -0.341 e. The molecule has 1 amide bonds. The van der Waals surface area contributed by atoms with Crippen LogP contribution in [0, 0.1) is 6.92 Å². The molecule has 0 aliphatic rings. The van der Waals surface area contributed by atoms with Crippen LogP contribution in [0.3, 0.4) is 0 Å². The lowest BCUT2D eigenvalue weighted by molar-refractivity contribution is 0.0983. The number of rotatable bonds is 8. The first kappa shape index (κ1) is 18.9. The van der Waals surface area contributed by atoms with Gasteiger partial charge in [0.05, 0.1) is 0 Å². The SMILES string of the molecule is CCCN(CCC)c1nccc(C(=O)N(CC)c2cccc(C)c2)n1. The van der Waals surface area contributed by atoms with Gasteiger partial charge in [-0.1, -0.05) is 26.0 Å². The fraction of sp³-hybridized carbons (Fsp3) is 0.450. The Bertz CT molecular complexity index is 696. The summed E-state index contributed by atoms with van der Waals surface area (Å²) in [6.45, 7) is 10.6. The molecule has 1 aromatic carbocycles. The van der Waals surface area contributed by atoms with Crippen LogP contribution >= 0.6 is 0 Å². The van der Waals surface area contributed by atoms with Gasteiger partial charge in [-0.15, -0.1) is 0 Å². The first-order valence-corrected chi connectivity index (χ1v) is 9.07. The maximum absolute atomic E-state index is 13.0.